The fraction of sp³-hybridized carbons (Fsp3) is 0.692. The maximum atomic E-state index is 11.6. The summed E-state index contributed by atoms with van der Waals surface area (Å²) in [5.74, 6) is 0. The van der Waals surface area contributed by atoms with Crippen molar-refractivity contribution in [2.45, 2.75) is 43.4 Å². The van der Waals surface area contributed by atoms with Crippen molar-refractivity contribution >= 4 is 21.2 Å². The molecule has 0 amide bonds. The van der Waals surface area contributed by atoms with Gasteiger partial charge < -0.3 is 5.32 Å². The highest BCUT2D eigenvalue weighted by molar-refractivity contribution is 7.91. The van der Waals surface area contributed by atoms with Crippen LogP contribution >= 0.6 is 11.3 Å². The lowest BCUT2D eigenvalue weighted by molar-refractivity contribution is 0.374. The predicted octanol–water partition coefficient (Wildman–Crippen LogP) is 2.24. The van der Waals surface area contributed by atoms with Crippen LogP contribution in [0.2, 0.25) is 0 Å². The molecular formula is C13H21NO2S2. The molecule has 18 heavy (non-hydrogen) atoms. The van der Waals surface area contributed by atoms with E-state index in [9.17, 15) is 8.42 Å². The number of sulfone groups is 1. The quantitative estimate of drug-likeness (QED) is 0.903. The van der Waals surface area contributed by atoms with Gasteiger partial charge in [0.15, 0.2) is 0 Å². The Morgan fingerprint density at radius 1 is 1.44 bits per heavy atom. The SMILES string of the molecule is CS(=O)(=O)C1CCCC(NCCc2cccs2)C1. The topological polar surface area (TPSA) is 46.2 Å². The normalized spacial score (nSPS) is 25.2. The first-order valence-electron chi connectivity index (χ1n) is 6.50. The van der Waals surface area contributed by atoms with E-state index >= 15 is 0 Å². The summed E-state index contributed by atoms with van der Waals surface area (Å²) in [6, 6.07) is 4.59. The summed E-state index contributed by atoms with van der Waals surface area (Å²) in [5, 5.41) is 5.46. The standard InChI is InChI=1S/C13H21NO2S2/c1-18(15,16)13-6-2-4-11(10-13)14-8-7-12-5-3-9-17-12/h3,5,9,11,13-14H,2,4,6-8,10H2,1H3. The molecule has 1 N–H and O–H groups in total. The van der Waals surface area contributed by atoms with Gasteiger partial charge in [-0.15, -0.1) is 11.3 Å². The zero-order chi connectivity index (χ0) is 13.0. The van der Waals surface area contributed by atoms with Gasteiger partial charge in [0.05, 0.1) is 5.25 Å². The van der Waals surface area contributed by atoms with E-state index in [4.69, 9.17) is 0 Å². The highest BCUT2D eigenvalue weighted by Gasteiger charge is 2.28. The number of nitrogens with one attached hydrogen (secondary N) is 1. The molecule has 0 aromatic carbocycles. The van der Waals surface area contributed by atoms with E-state index < -0.39 is 9.84 Å². The smallest absolute Gasteiger partial charge is 0.150 e. The second-order valence-corrected chi connectivity index (χ2v) is 8.46. The molecule has 1 aromatic rings. The Morgan fingerprint density at radius 2 is 2.28 bits per heavy atom. The van der Waals surface area contributed by atoms with Crippen LogP contribution in [0.3, 0.4) is 0 Å². The summed E-state index contributed by atoms with van der Waals surface area (Å²) >= 11 is 1.78. The number of hydrogen-bond acceptors (Lipinski definition) is 4. The molecule has 2 rings (SSSR count). The molecule has 1 saturated carbocycles. The van der Waals surface area contributed by atoms with E-state index in [-0.39, 0.29) is 5.25 Å². The molecule has 3 nitrogen and oxygen atoms in total. The minimum absolute atomic E-state index is 0.134. The van der Waals surface area contributed by atoms with Gasteiger partial charge in [-0.05, 0) is 37.1 Å². The van der Waals surface area contributed by atoms with Crippen molar-refractivity contribution in [3.63, 3.8) is 0 Å². The minimum atomic E-state index is -2.86. The zero-order valence-electron chi connectivity index (χ0n) is 10.8. The molecule has 1 heterocycles. The lowest BCUT2D eigenvalue weighted by Crippen LogP contribution is -2.39. The highest BCUT2D eigenvalue weighted by atomic mass is 32.2. The van der Waals surface area contributed by atoms with Gasteiger partial charge in [-0.2, -0.15) is 0 Å². The van der Waals surface area contributed by atoms with Gasteiger partial charge in [0.2, 0.25) is 0 Å². The Morgan fingerprint density at radius 3 is 2.94 bits per heavy atom. The van der Waals surface area contributed by atoms with Crippen LogP contribution in [0.25, 0.3) is 0 Å². The molecule has 5 heteroatoms. The zero-order valence-corrected chi connectivity index (χ0v) is 12.4. The molecule has 102 valence electrons. The first-order chi connectivity index (χ1) is 8.55. The van der Waals surface area contributed by atoms with Crippen molar-refractivity contribution in [2.75, 3.05) is 12.8 Å². The average Bonchev–Trinajstić information content (AvgIpc) is 2.81. The largest absolute Gasteiger partial charge is 0.314 e. The molecule has 0 radical (unpaired) electrons. The molecule has 1 aliphatic rings. The van der Waals surface area contributed by atoms with Crippen molar-refractivity contribution in [3.05, 3.63) is 22.4 Å². The summed E-state index contributed by atoms with van der Waals surface area (Å²) in [4.78, 5) is 1.39. The Balaban J connectivity index is 1.76. The molecule has 0 bridgehead atoms. The number of thiophene rings is 1. The molecule has 0 saturated heterocycles. The maximum Gasteiger partial charge on any atom is 0.150 e. The van der Waals surface area contributed by atoms with Gasteiger partial charge >= 0.3 is 0 Å². The van der Waals surface area contributed by atoms with Crippen molar-refractivity contribution in [2.24, 2.45) is 0 Å². The van der Waals surface area contributed by atoms with Crippen LogP contribution in [0, 0.1) is 0 Å². The third kappa shape index (κ3) is 4.07. The van der Waals surface area contributed by atoms with Gasteiger partial charge in [0, 0.05) is 23.7 Å². The van der Waals surface area contributed by atoms with Gasteiger partial charge in [-0.25, -0.2) is 8.42 Å². The Labute approximate surface area is 114 Å². The molecule has 2 unspecified atom stereocenters. The lowest BCUT2D eigenvalue weighted by Gasteiger charge is -2.28. The van der Waals surface area contributed by atoms with Crippen molar-refractivity contribution in [3.8, 4) is 0 Å². The molecule has 0 spiro atoms. The highest BCUT2D eigenvalue weighted by Crippen LogP contribution is 2.23. The summed E-state index contributed by atoms with van der Waals surface area (Å²) in [7, 11) is -2.86. The third-order valence-corrected chi connectivity index (χ3v) is 6.19. The van der Waals surface area contributed by atoms with E-state index in [1.807, 2.05) is 0 Å². The van der Waals surface area contributed by atoms with E-state index in [0.29, 0.717) is 6.04 Å². The first kappa shape index (κ1) is 14.0. The summed E-state index contributed by atoms with van der Waals surface area (Å²) in [6.45, 7) is 0.946. The molecule has 1 fully saturated rings. The van der Waals surface area contributed by atoms with Gasteiger partial charge in [-0.3, -0.25) is 0 Å². The second-order valence-electron chi connectivity index (χ2n) is 5.10. The van der Waals surface area contributed by atoms with Crippen molar-refractivity contribution in [1.29, 1.82) is 0 Å². The third-order valence-electron chi connectivity index (χ3n) is 3.62. The van der Waals surface area contributed by atoms with Gasteiger partial charge in [-0.1, -0.05) is 12.5 Å². The summed E-state index contributed by atoms with van der Waals surface area (Å²) in [5.41, 5.74) is 0. The van der Waals surface area contributed by atoms with E-state index in [1.165, 1.54) is 11.1 Å². The van der Waals surface area contributed by atoms with E-state index in [0.717, 1.165) is 38.6 Å². The van der Waals surface area contributed by atoms with Crippen LogP contribution in [-0.2, 0) is 16.3 Å². The van der Waals surface area contributed by atoms with Gasteiger partial charge in [0.25, 0.3) is 0 Å². The van der Waals surface area contributed by atoms with Crippen LogP contribution in [-0.4, -0.2) is 32.5 Å². The lowest BCUT2D eigenvalue weighted by atomic mass is 9.95. The molecule has 1 aromatic heterocycles. The predicted molar refractivity (Wildman–Crippen MR) is 76.9 cm³/mol. The minimum Gasteiger partial charge on any atom is -0.314 e. The van der Waals surface area contributed by atoms with Crippen LogP contribution in [0.5, 0.6) is 0 Å². The maximum absolute atomic E-state index is 11.6. The Hall–Kier alpha value is -0.390. The second kappa shape index (κ2) is 6.17. The molecule has 0 aliphatic heterocycles. The molecule has 2 atom stereocenters. The number of hydrogen-bond donors (Lipinski definition) is 1. The van der Waals surface area contributed by atoms with Crippen LogP contribution < -0.4 is 5.32 Å². The fourth-order valence-electron chi connectivity index (χ4n) is 2.57. The van der Waals surface area contributed by atoms with Crippen molar-refractivity contribution in [1.82, 2.24) is 5.32 Å². The van der Waals surface area contributed by atoms with E-state index in [1.54, 1.807) is 11.3 Å². The summed E-state index contributed by atoms with van der Waals surface area (Å²) in [6.07, 6.45) is 6.15. The Kier molecular flexibility index (Phi) is 4.81. The van der Waals surface area contributed by atoms with Crippen LogP contribution in [0.4, 0.5) is 0 Å². The average molecular weight is 287 g/mol. The fourth-order valence-corrected chi connectivity index (χ4v) is 4.46. The van der Waals surface area contributed by atoms with Gasteiger partial charge in [0.1, 0.15) is 9.84 Å². The summed E-state index contributed by atoms with van der Waals surface area (Å²) < 4.78 is 23.1. The molecule has 1 aliphatic carbocycles. The van der Waals surface area contributed by atoms with Crippen LogP contribution in [0.1, 0.15) is 30.6 Å². The number of rotatable bonds is 5. The van der Waals surface area contributed by atoms with Crippen molar-refractivity contribution < 1.29 is 8.42 Å². The first-order valence-corrected chi connectivity index (χ1v) is 9.34. The Bertz CT molecular complexity index is 453. The monoisotopic (exact) mass is 287 g/mol. The molecular weight excluding hydrogens is 266 g/mol. The van der Waals surface area contributed by atoms with Crippen LogP contribution in [0.15, 0.2) is 17.5 Å². The van der Waals surface area contributed by atoms with E-state index in [2.05, 4.69) is 22.8 Å².